The van der Waals surface area contributed by atoms with Crippen LogP contribution in [0, 0.1) is 3.57 Å². The number of benzene rings is 4. The summed E-state index contributed by atoms with van der Waals surface area (Å²) in [6.07, 6.45) is 0. The summed E-state index contributed by atoms with van der Waals surface area (Å²) in [4.78, 5) is 0. The van der Waals surface area contributed by atoms with E-state index < -0.39 is 14.9 Å². The molecule has 35 heavy (non-hydrogen) atoms. The largest absolute Gasteiger partial charge is 0.332 e. The second kappa shape index (κ2) is 14.6. The van der Waals surface area contributed by atoms with Crippen molar-refractivity contribution >= 4 is 74.7 Å². The monoisotopic (exact) mass is 743 g/mol. The quantitative estimate of drug-likeness (QED) is 0.155. The van der Waals surface area contributed by atoms with Crippen molar-refractivity contribution < 1.29 is 9.13 Å². The molecule has 0 aromatic heterocycles. The third-order valence-corrected chi connectivity index (χ3v) is 8.01. The van der Waals surface area contributed by atoms with E-state index in [1.54, 1.807) is 26.7 Å². The fraction of sp³-hybridized carbons (Fsp3) is 0.143. The van der Waals surface area contributed by atoms with Gasteiger partial charge in [0.1, 0.15) is 20.5 Å². The summed E-state index contributed by atoms with van der Waals surface area (Å²) in [7, 11) is -3.02. The first-order valence-electron chi connectivity index (χ1n) is 10.7. The van der Waals surface area contributed by atoms with E-state index in [9.17, 15) is 9.13 Å². The molecule has 0 unspecified atom stereocenters. The molecule has 0 aliphatic rings. The Morgan fingerprint density at radius 3 is 1.14 bits per heavy atom. The van der Waals surface area contributed by atoms with E-state index in [1.807, 2.05) is 36.4 Å². The van der Waals surface area contributed by atoms with Gasteiger partial charge in [0.05, 0.1) is 0 Å². The average molecular weight is 745 g/mol. The second-order valence-electron chi connectivity index (χ2n) is 8.23. The third-order valence-electron chi connectivity index (χ3n) is 4.69. The zero-order valence-electron chi connectivity index (χ0n) is 20.1. The minimum Gasteiger partial charge on any atom is -0.319 e. The van der Waals surface area contributed by atoms with Gasteiger partial charge in [-0.2, -0.15) is 0 Å². The third kappa shape index (κ3) is 11.2. The van der Waals surface area contributed by atoms with Gasteiger partial charge in [0.2, 0.25) is 0 Å². The Morgan fingerprint density at radius 2 is 0.857 bits per heavy atom. The number of hydrogen-bond acceptors (Lipinski definition) is 2. The van der Waals surface area contributed by atoms with Gasteiger partial charge in [-0.1, -0.05) is 97.1 Å². The van der Waals surface area contributed by atoms with E-state index >= 15 is 0 Å². The van der Waals surface area contributed by atoms with Crippen LogP contribution in [0.2, 0.25) is 0 Å². The normalized spacial score (nSPS) is 10.4. The van der Waals surface area contributed by atoms with Gasteiger partial charge in [-0.25, -0.2) is 0 Å². The van der Waals surface area contributed by atoms with Gasteiger partial charge in [0, 0.05) is 17.8 Å². The lowest BCUT2D eigenvalue weighted by Gasteiger charge is -2.08. The summed E-state index contributed by atoms with van der Waals surface area (Å²) in [5, 5.41) is 0.929. The van der Waals surface area contributed by atoms with Crippen molar-refractivity contribution in [1.29, 1.82) is 0 Å². The number of hydrogen-bond donors (Lipinski definition) is 0. The van der Waals surface area contributed by atoms with E-state index in [2.05, 4.69) is 115 Å². The van der Waals surface area contributed by atoms with E-state index in [4.69, 9.17) is 0 Å². The van der Waals surface area contributed by atoms with Crippen LogP contribution in [0.1, 0.15) is 0 Å². The molecule has 4 aromatic carbocycles. The highest BCUT2D eigenvalue weighted by Crippen LogP contribution is 2.35. The lowest BCUT2D eigenvalue weighted by Crippen LogP contribution is -2.01. The Balaban J connectivity index is 0.000000217. The van der Waals surface area contributed by atoms with Crippen molar-refractivity contribution in [3.8, 4) is 22.3 Å². The van der Waals surface area contributed by atoms with Crippen molar-refractivity contribution in [3.05, 3.63) is 110 Å². The summed E-state index contributed by atoms with van der Waals surface area (Å²) >= 11 is 9.16. The molecule has 7 heteroatoms. The molecule has 0 N–H and O–H groups in total. The van der Waals surface area contributed by atoms with Gasteiger partial charge in [0.25, 0.3) is 0 Å². The van der Waals surface area contributed by atoms with E-state index in [0.29, 0.717) is 0 Å². The molecule has 0 bridgehead atoms. The minimum atomic E-state index is -2.14. The maximum atomic E-state index is 11.9. The van der Waals surface area contributed by atoms with Crippen molar-refractivity contribution in [2.24, 2.45) is 0 Å². The highest BCUT2D eigenvalue weighted by atomic mass is 127. The molecule has 2 nitrogen and oxygen atoms in total. The lowest BCUT2D eigenvalue weighted by atomic mass is 10.1. The number of rotatable bonds is 3. The summed E-state index contributed by atoms with van der Waals surface area (Å²) in [5.41, 5.74) is 4.83. The summed E-state index contributed by atoms with van der Waals surface area (Å²) in [6, 6.07) is 33.0. The van der Waals surface area contributed by atoms with E-state index in [0.717, 1.165) is 19.8 Å². The van der Waals surface area contributed by atoms with Crippen LogP contribution in [0.15, 0.2) is 106 Å². The summed E-state index contributed by atoms with van der Waals surface area (Å²) < 4.78 is 25.0. The standard InChI is InChI=1S/C14H14BrOP.C12H8BrI.C2H6OP/c1-17(2,16)14-9-5-12(6-10-14)11-3-7-13(15)8-4-11;13-11-5-1-9(2-6-11)10-3-7-12(14)8-4-10;1-4(2)3/h3-10H,1-2H3;1-8H;1-2H3/q;;+1. The predicted molar refractivity (Wildman–Crippen MR) is 170 cm³/mol. The lowest BCUT2D eigenvalue weighted by molar-refractivity contribution is 0.588. The van der Waals surface area contributed by atoms with Gasteiger partial charge in [-0.05, 0) is 94.6 Å². The van der Waals surface area contributed by atoms with Crippen molar-refractivity contribution in [1.82, 2.24) is 0 Å². The molecule has 0 radical (unpaired) electrons. The van der Waals surface area contributed by atoms with Gasteiger partial charge >= 0.3 is 7.80 Å². The molecule has 0 heterocycles. The van der Waals surface area contributed by atoms with Crippen LogP contribution < -0.4 is 5.30 Å². The Hall–Kier alpha value is -1.10. The molecule has 0 fully saturated rings. The average Bonchev–Trinajstić information content (AvgIpc) is 2.80. The van der Waals surface area contributed by atoms with Gasteiger partial charge in [-0.15, -0.1) is 0 Å². The first-order valence-corrected chi connectivity index (χ1v) is 18.1. The molecule has 0 spiro atoms. The maximum absolute atomic E-state index is 11.9. The van der Waals surface area contributed by atoms with Crippen LogP contribution in [0.25, 0.3) is 22.3 Å². The molecule has 4 aromatic rings. The first kappa shape index (κ1) is 30.1. The fourth-order valence-electron chi connectivity index (χ4n) is 2.94. The Morgan fingerprint density at radius 1 is 0.600 bits per heavy atom. The van der Waals surface area contributed by atoms with Gasteiger partial charge in [-0.3, -0.25) is 0 Å². The van der Waals surface area contributed by atoms with E-state index in [1.165, 1.54) is 20.3 Å². The van der Waals surface area contributed by atoms with Crippen LogP contribution in [0.4, 0.5) is 0 Å². The second-order valence-corrected chi connectivity index (χ2v) is 16.2. The van der Waals surface area contributed by atoms with Crippen molar-refractivity contribution in [3.63, 3.8) is 0 Å². The minimum absolute atomic E-state index is 0.870. The predicted octanol–water partition coefficient (Wildman–Crippen LogP) is 10.2. The van der Waals surface area contributed by atoms with Crippen LogP contribution in [0.5, 0.6) is 0 Å². The highest BCUT2D eigenvalue weighted by Gasteiger charge is 2.10. The van der Waals surface area contributed by atoms with Crippen LogP contribution >= 0.6 is 69.4 Å². The van der Waals surface area contributed by atoms with Crippen LogP contribution in [-0.4, -0.2) is 26.7 Å². The molecule has 0 amide bonds. The molecule has 0 atom stereocenters. The zero-order valence-corrected chi connectivity index (χ0v) is 27.2. The van der Waals surface area contributed by atoms with Gasteiger partial charge < -0.3 is 4.57 Å². The first-order chi connectivity index (χ1) is 16.5. The summed E-state index contributed by atoms with van der Waals surface area (Å²) in [6.45, 7) is 6.94. The maximum Gasteiger partial charge on any atom is 0.332 e. The van der Waals surface area contributed by atoms with Crippen molar-refractivity contribution in [2.75, 3.05) is 26.7 Å². The van der Waals surface area contributed by atoms with Crippen LogP contribution in [0.3, 0.4) is 0 Å². The molecule has 0 aliphatic carbocycles. The Labute approximate surface area is 240 Å². The van der Waals surface area contributed by atoms with Crippen LogP contribution in [-0.2, 0) is 9.13 Å². The summed E-state index contributed by atoms with van der Waals surface area (Å²) in [5.74, 6) is 0. The molecule has 182 valence electrons. The topological polar surface area (TPSA) is 34.1 Å². The Bertz CT molecular complexity index is 1220. The molecular formula is C28H28Br2IO2P2+. The van der Waals surface area contributed by atoms with Crippen molar-refractivity contribution in [2.45, 2.75) is 0 Å². The molecule has 0 saturated heterocycles. The highest BCUT2D eigenvalue weighted by molar-refractivity contribution is 14.1. The van der Waals surface area contributed by atoms with Gasteiger partial charge in [0.15, 0.2) is 0 Å². The zero-order chi connectivity index (χ0) is 26.0. The van der Waals surface area contributed by atoms with E-state index in [-0.39, 0.29) is 0 Å². The SMILES string of the molecule is Brc1ccc(-c2ccc(I)cc2)cc1.CP(C)(=O)c1ccc(-c2ccc(Br)cc2)cc1.C[P+](C)=O. The fourth-order valence-corrected chi connectivity index (χ4v) is 4.70. The molecule has 0 aliphatic heterocycles. The molecule has 4 rings (SSSR count). The molecule has 0 saturated carbocycles. The number of halogens is 3. The smallest absolute Gasteiger partial charge is 0.319 e. The molecular weight excluding hydrogens is 717 g/mol. The Kier molecular flexibility index (Phi) is 12.6.